The average Bonchev–Trinajstić information content (AvgIpc) is 2.70. The first-order valence-electron chi connectivity index (χ1n) is 9.21. The summed E-state index contributed by atoms with van der Waals surface area (Å²) in [6.07, 6.45) is 2.40. The highest BCUT2D eigenvalue weighted by Crippen LogP contribution is 2.17. The van der Waals surface area contributed by atoms with Crippen LogP contribution in [0.4, 0.5) is 11.4 Å². The number of amides is 2. The Balaban J connectivity index is 1.73. The lowest BCUT2D eigenvalue weighted by atomic mass is 10.1. The minimum atomic E-state index is -0.356. The van der Waals surface area contributed by atoms with Crippen molar-refractivity contribution in [2.24, 2.45) is 0 Å². The van der Waals surface area contributed by atoms with Gasteiger partial charge in [0.15, 0.2) is 0 Å². The molecule has 0 aliphatic heterocycles. The number of rotatable bonds is 5. The Morgan fingerprint density at radius 3 is 2.32 bits per heavy atom. The van der Waals surface area contributed by atoms with Gasteiger partial charge in [-0.2, -0.15) is 0 Å². The molecule has 0 unspecified atom stereocenters. The van der Waals surface area contributed by atoms with Crippen LogP contribution in [-0.2, 0) is 6.42 Å². The van der Waals surface area contributed by atoms with Gasteiger partial charge in [-0.05, 0) is 61.7 Å². The molecule has 0 radical (unpaired) electrons. The summed E-state index contributed by atoms with van der Waals surface area (Å²) in [7, 11) is 0. The van der Waals surface area contributed by atoms with Gasteiger partial charge in [0, 0.05) is 23.1 Å². The predicted molar refractivity (Wildman–Crippen MR) is 112 cm³/mol. The molecule has 0 aliphatic rings. The van der Waals surface area contributed by atoms with Gasteiger partial charge in [-0.25, -0.2) is 0 Å². The number of hydrogen-bond acceptors (Lipinski definition) is 3. The van der Waals surface area contributed by atoms with Crippen LogP contribution in [0.3, 0.4) is 0 Å². The number of nitrogens with zero attached hydrogens (tertiary/aromatic N) is 1. The molecule has 3 rings (SSSR count). The van der Waals surface area contributed by atoms with E-state index in [4.69, 9.17) is 0 Å². The highest BCUT2D eigenvalue weighted by molar-refractivity contribution is 6.08. The standard InChI is InChI=1S/C23H23N3O2/c1-4-17-6-8-19(9-7-17)25-23(28)21-14-18(11-12-24-21)22(27)26-20-10-5-15(2)13-16(20)3/h5-14H,4H2,1-3H3,(H,25,28)(H,26,27). The fourth-order valence-corrected chi connectivity index (χ4v) is 2.86. The molecular formula is C23H23N3O2. The van der Waals surface area contributed by atoms with E-state index in [1.54, 1.807) is 6.07 Å². The van der Waals surface area contributed by atoms with Gasteiger partial charge in [0.1, 0.15) is 5.69 Å². The number of carbonyl (C=O) groups is 2. The first-order chi connectivity index (χ1) is 13.5. The second-order valence-electron chi connectivity index (χ2n) is 6.71. The van der Waals surface area contributed by atoms with E-state index < -0.39 is 0 Å². The summed E-state index contributed by atoms with van der Waals surface area (Å²) in [6, 6.07) is 16.6. The molecule has 0 atom stereocenters. The molecular weight excluding hydrogens is 350 g/mol. The topological polar surface area (TPSA) is 71.1 Å². The van der Waals surface area contributed by atoms with Crippen molar-refractivity contribution in [3.63, 3.8) is 0 Å². The van der Waals surface area contributed by atoms with Crippen molar-refractivity contribution in [2.45, 2.75) is 27.2 Å². The van der Waals surface area contributed by atoms with Gasteiger partial charge in [-0.15, -0.1) is 0 Å². The summed E-state index contributed by atoms with van der Waals surface area (Å²) in [5, 5.41) is 5.69. The molecule has 2 N–H and O–H groups in total. The quantitative estimate of drug-likeness (QED) is 0.677. The Hall–Kier alpha value is -3.47. The van der Waals surface area contributed by atoms with Gasteiger partial charge in [-0.3, -0.25) is 14.6 Å². The van der Waals surface area contributed by atoms with Crippen molar-refractivity contribution in [1.82, 2.24) is 4.98 Å². The molecule has 0 aliphatic carbocycles. The highest BCUT2D eigenvalue weighted by atomic mass is 16.2. The Bertz CT molecular complexity index is 1010. The minimum absolute atomic E-state index is 0.188. The van der Waals surface area contributed by atoms with Crippen molar-refractivity contribution in [1.29, 1.82) is 0 Å². The van der Waals surface area contributed by atoms with Crippen molar-refractivity contribution in [3.8, 4) is 0 Å². The Kier molecular flexibility index (Phi) is 5.84. The van der Waals surface area contributed by atoms with E-state index in [2.05, 4.69) is 22.5 Å². The van der Waals surface area contributed by atoms with E-state index in [-0.39, 0.29) is 17.5 Å². The molecule has 1 heterocycles. The molecule has 142 valence electrons. The monoisotopic (exact) mass is 373 g/mol. The summed E-state index contributed by atoms with van der Waals surface area (Å²) in [6.45, 7) is 6.02. The molecule has 5 nitrogen and oxygen atoms in total. The number of nitrogens with one attached hydrogen (secondary N) is 2. The fraction of sp³-hybridized carbons (Fsp3) is 0.174. The predicted octanol–water partition coefficient (Wildman–Crippen LogP) is 4.77. The van der Waals surface area contributed by atoms with Crippen LogP contribution in [0.1, 0.15) is 44.5 Å². The van der Waals surface area contributed by atoms with Crippen molar-refractivity contribution in [2.75, 3.05) is 10.6 Å². The van der Waals surface area contributed by atoms with Gasteiger partial charge < -0.3 is 10.6 Å². The third-order valence-corrected chi connectivity index (χ3v) is 4.50. The smallest absolute Gasteiger partial charge is 0.274 e. The van der Waals surface area contributed by atoms with Crippen LogP contribution in [0.15, 0.2) is 60.8 Å². The molecule has 2 amide bonds. The van der Waals surface area contributed by atoms with Crippen molar-refractivity contribution < 1.29 is 9.59 Å². The number of aromatic nitrogens is 1. The molecule has 2 aromatic carbocycles. The van der Waals surface area contributed by atoms with Gasteiger partial charge in [0.25, 0.3) is 11.8 Å². The first kappa shape index (κ1) is 19.3. The maximum Gasteiger partial charge on any atom is 0.274 e. The summed E-state index contributed by atoms with van der Waals surface area (Å²) in [5.74, 6) is -0.638. The van der Waals surface area contributed by atoms with E-state index in [0.29, 0.717) is 11.3 Å². The maximum atomic E-state index is 12.6. The fourth-order valence-electron chi connectivity index (χ4n) is 2.86. The van der Waals surface area contributed by atoms with Gasteiger partial charge in [-0.1, -0.05) is 36.8 Å². The summed E-state index contributed by atoms with van der Waals surface area (Å²) in [4.78, 5) is 29.2. The molecule has 0 saturated heterocycles. The van der Waals surface area contributed by atoms with Crippen LogP contribution in [0.25, 0.3) is 0 Å². The SMILES string of the molecule is CCc1ccc(NC(=O)c2cc(C(=O)Nc3ccc(C)cc3C)ccn2)cc1. The summed E-state index contributed by atoms with van der Waals surface area (Å²) in [5.41, 5.74) is 5.31. The van der Waals surface area contributed by atoms with E-state index in [1.165, 1.54) is 17.8 Å². The maximum absolute atomic E-state index is 12.6. The van der Waals surface area contributed by atoms with Gasteiger partial charge >= 0.3 is 0 Å². The molecule has 0 saturated carbocycles. The largest absolute Gasteiger partial charge is 0.322 e. The summed E-state index contributed by atoms with van der Waals surface area (Å²) < 4.78 is 0. The van der Waals surface area contributed by atoms with Crippen LogP contribution in [0.5, 0.6) is 0 Å². The number of anilines is 2. The second-order valence-corrected chi connectivity index (χ2v) is 6.71. The van der Waals surface area contributed by atoms with E-state index in [1.807, 2.05) is 56.3 Å². The van der Waals surface area contributed by atoms with Gasteiger partial charge in [0.05, 0.1) is 0 Å². The van der Waals surface area contributed by atoms with Crippen LogP contribution in [0.2, 0.25) is 0 Å². The number of aryl methyl sites for hydroxylation is 3. The average molecular weight is 373 g/mol. The lowest BCUT2D eigenvalue weighted by Gasteiger charge is -2.10. The third-order valence-electron chi connectivity index (χ3n) is 4.50. The van der Waals surface area contributed by atoms with E-state index >= 15 is 0 Å². The Labute approximate surface area is 164 Å². The lowest BCUT2D eigenvalue weighted by molar-refractivity contribution is 0.102. The van der Waals surface area contributed by atoms with E-state index in [0.717, 1.165) is 23.2 Å². The first-order valence-corrected chi connectivity index (χ1v) is 9.21. The zero-order chi connectivity index (χ0) is 20.1. The normalized spacial score (nSPS) is 10.4. The molecule has 3 aromatic rings. The third kappa shape index (κ3) is 4.62. The molecule has 0 bridgehead atoms. The number of hydrogen-bond donors (Lipinski definition) is 2. The van der Waals surface area contributed by atoms with Crippen LogP contribution >= 0.6 is 0 Å². The minimum Gasteiger partial charge on any atom is -0.322 e. The Morgan fingerprint density at radius 2 is 1.64 bits per heavy atom. The molecule has 0 spiro atoms. The molecule has 0 fully saturated rings. The van der Waals surface area contributed by atoms with E-state index in [9.17, 15) is 9.59 Å². The second kappa shape index (κ2) is 8.48. The molecule has 1 aromatic heterocycles. The van der Waals surface area contributed by atoms with Crippen LogP contribution in [0, 0.1) is 13.8 Å². The molecule has 28 heavy (non-hydrogen) atoms. The number of benzene rings is 2. The highest BCUT2D eigenvalue weighted by Gasteiger charge is 2.13. The van der Waals surface area contributed by atoms with Crippen molar-refractivity contribution >= 4 is 23.2 Å². The Morgan fingerprint density at radius 1 is 0.893 bits per heavy atom. The molecule has 5 heteroatoms. The zero-order valence-corrected chi connectivity index (χ0v) is 16.2. The summed E-state index contributed by atoms with van der Waals surface area (Å²) >= 11 is 0. The number of carbonyl (C=O) groups excluding carboxylic acids is 2. The lowest BCUT2D eigenvalue weighted by Crippen LogP contribution is -2.17. The van der Waals surface area contributed by atoms with Crippen LogP contribution < -0.4 is 10.6 Å². The number of pyridine rings is 1. The zero-order valence-electron chi connectivity index (χ0n) is 16.2. The van der Waals surface area contributed by atoms with Crippen LogP contribution in [-0.4, -0.2) is 16.8 Å². The van der Waals surface area contributed by atoms with Gasteiger partial charge in [0.2, 0.25) is 0 Å². The van der Waals surface area contributed by atoms with Crippen molar-refractivity contribution in [3.05, 3.63) is 88.7 Å².